The third-order valence-electron chi connectivity index (χ3n) is 4.66. The second-order valence-corrected chi connectivity index (χ2v) is 6.63. The van der Waals surface area contributed by atoms with Crippen molar-refractivity contribution in [2.45, 2.75) is 39.9 Å². The van der Waals surface area contributed by atoms with E-state index in [1.807, 2.05) is 18.5 Å². The molecule has 146 valence electrons. The normalized spacial score (nSPS) is 11.4. The molecule has 5 heteroatoms. The van der Waals surface area contributed by atoms with Gasteiger partial charge < -0.3 is 15.2 Å². The smallest absolute Gasteiger partial charge is 0.191 e. The fraction of sp³-hybridized carbons (Fsp3) is 0.304. The molecule has 0 bridgehead atoms. The van der Waals surface area contributed by atoms with Crippen LogP contribution >= 0.6 is 0 Å². The van der Waals surface area contributed by atoms with Crippen molar-refractivity contribution in [1.82, 2.24) is 20.2 Å². The van der Waals surface area contributed by atoms with Crippen LogP contribution in [0.1, 0.15) is 36.4 Å². The van der Waals surface area contributed by atoms with Crippen LogP contribution in [0.3, 0.4) is 0 Å². The first-order valence-electron chi connectivity index (χ1n) is 9.93. The highest BCUT2D eigenvalue weighted by molar-refractivity contribution is 5.79. The number of rotatable bonds is 8. The van der Waals surface area contributed by atoms with Crippen LogP contribution in [0, 0.1) is 0 Å². The molecule has 0 aliphatic heterocycles. The summed E-state index contributed by atoms with van der Waals surface area (Å²) in [4.78, 5) is 9.27. The van der Waals surface area contributed by atoms with Crippen molar-refractivity contribution < 1.29 is 0 Å². The highest BCUT2D eigenvalue weighted by atomic mass is 15.2. The molecule has 2 aromatic carbocycles. The van der Waals surface area contributed by atoms with E-state index in [2.05, 4.69) is 82.6 Å². The van der Waals surface area contributed by atoms with Gasteiger partial charge in [-0.25, -0.2) is 9.98 Å². The second kappa shape index (κ2) is 10.3. The summed E-state index contributed by atoms with van der Waals surface area (Å²) >= 11 is 0. The first-order chi connectivity index (χ1) is 13.8. The summed E-state index contributed by atoms with van der Waals surface area (Å²) in [5.41, 5.74) is 3.88. The SMILES string of the molecule is CCNC(=NCc1ccccc1CC)NCc1nccn1Cc1ccccc1. The lowest BCUT2D eigenvalue weighted by molar-refractivity contribution is 0.688. The Balaban J connectivity index is 1.65. The Hall–Kier alpha value is -3.08. The minimum Gasteiger partial charge on any atom is -0.357 e. The lowest BCUT2D eigenvalue weighted by Gasteiger charge is -2.13. The molecule has 0 amide bonds. The molecule has 0 fully saturated rings. The largest absolute Gasteiger partial charge is 0.357 e. The topological polar surface area (TPSA) is 54.2 Å². The second-order valence-electron chi connectivity index (χ2n) is 6.63. The maximum atomic E-state index is 4.76. The number of hydrogen-bond acceptors (Lipinski definition) is 2. The molecule has 0 spiro atoms. The van der Waals surface area contributed by atoms with Crippen LogP contribution in [0.5, 0.6) is 0 Å². The van der Waals surface area contributed by atoms with Crippen LogP contribution in [0.25, 0.3) is 0 Å². The van der Waals surface area contributed by atoms with E-state index in [9.17, 15) is 0 Å². The maximum absolute atomic E-state index is 4.76. The minimum absolute atomic E-state index is 0.626. The van der Waals surface area contributed by atoms with Gasteiger partial charge in [-0.05, 0) is 30.0 Å². The van der Waals surface area contributed by atoms with Gasteiger partial charge >= 0.3 is 0 Å². The van der Waals surface area contributed by atoms with Crippen molar-refractivity contribution in [2.24, 2.45) is 4.99 Å². The predicted molar refractivity (Wildman–Crippen MR) is 115 cm³/mol. The molecule has 1 aromatic heterocycles. The number of nitrogens with zero attached hydrogens (tertiary/aromatic N) is 3. The average Bonchev–Trinajstić information content (AvgIpc) is 3.18. The van der Waals surface area contributed by atoms with Gasteiger partial charge in [-0.15, -0.1) is 0 Å². The number of aryl methyl sites for hydroxylation is 1. The van der Waals surface area contributed by atoms with Gasteiger partial charge in [0.15, 0.2) is 5.96 Å². The Morgan fingerprint density at radius 1 is 0.964 bits per heavy atom. The number of aliphatic imine (C=N–C) groups is 1. The van der Waals surface area contributed by atoms with E-state index in [4.69, 9.17) is 4.99 Å². The summed E-state index contributed by atoms with van der Waals surface area (Å²) < 4.78 is 2.16. The molecule has 5 nitrogen and oxygen atoms in total. The van der Waals surface area contributed by atoms with Crippen LogP contribution in [-0.2, 0) is 26.1 Å². The van der Waals surface area contributed by atoms with Gasteiger partial charge in [-0.2, -0.15) is 0 Å². The summed E-state index contributed by atoms with van der Waals surface area (Å²) in [6, 6.07) is 18.9. The van der Waals surface area contributed by atoms with Crippen LogP contribution in [0.15, 0.2) is 72.0 Å². The monoisotopic (exact) mass is 375 g/mol. The molecular weight excluding hydrogens is 346 g/mol. The third kappa shape index (κ3) is 5.46. The molecule has 0 radical (unpaired) electrons. The molecule has 0 saturated carbocycles. The van der Waals surface area contributed by atoms with E-state index >= 15 is 0 Å². The van der Waals surface area contributed by atoms with Gasteiger partial charge in [0.2, 0.25) is 0 Å². The van der Waals surface area contributed by atoms with Crippen LogP contribution in [-0.4, -0.2) is 22.1 Å². The lowest BCUT2D eigenvalue weighted by Crippen LogP contribution is -2.37. The van der Waals surface area contributed by atoms with Crippen LogP contribution in [0.2, 0.25) is 0 Å². The third-order valence-corrected chi connectivity index (χ3v) is 4.66. The Labute approximate surface area is 167 Å². The van der Waals surface area contributed by atoms with Gasteiger partial charge in [-0.3, -0.25) is 0 Å². The Morgan fingerprint density at radius 3 is 2.46 bits per heavy atom. The van der Waals surface area contributed by atoms with Crippen molar-refractivity contribution in [3.05, 3.63) is 89.5 Å². The molecule has 0 aliphatic rings. The van der Waals surface area contributed by atoms with Crippen molar-refractivity contribution in [3.63, 3.8) is 0 Å². The zero-order valence-corrected chi connectivity index (χ0v) is 16.7. The zero-order valence-electron chi connectivity index (χ0n) is 16.7. The van der Waals surface area contributed by atoms with E-state index < -0.39 is 0 Å². The number of imidazole rings is 1. The standard InChI is InChI=1S/C23H29N5/c1-3-20-12-8-9-13-21(20)16-26-23(24-4-2)27-17-22-25-14-15-28(22)18-19-10-6-5-7-11-19/h5-15H,3-4,16-18H2,1-2H3,(H2,24,26,27). The molecule has 0 aliphatic carbocycles. The maximum Gasteiger partial charge on any atom is 0.191 e. The molecule has 3 rings (SSSR count). The zero-order chi connectivity index (χ0) is 19.6. The Morgan fingerprint density at radius 2 is 1.71 bits per heavy atom. The van der Waals surface area contributed by atoms with Crippen molar-refractivity contribution in [3.8, 4) is 0 Å². The number of nitrogens with one attached hydrogen (secondary N) is 2. The summed E-state index contributed by atoms with van der Waals surface area (Å²) in [5.74, 6) is 1.80. The van der Waals surface area contributed by atoms with Crippen molar-refractivity contribution in [2.75, 3.05) is 6.54 Å². The molecule has 2 N–H and O–H groups in total. The van der Waals surface area contributed by atoms with Crippen molar-refractivity contribution in [1.29, 1.82) is 0 Å². The predicted octanol–water partition coefficient (Wildman–Crippen LogP) is 3.75. The molecule has 0 saturated heterocycles. The van der Waals surface area contributed by atoms with E-state index in [0.717, 1.165) is 31.3 Å². The molecule has 0 unspecified atom stereocenters. The first kappa shape index (κ1) is 19.7. The molecule has 0 atom stereocenters. The highest BCUT2D eigenvalue weighted by Crippen LogP contribution is 2.10. The number of guanidine groups is 1. The highest BCUT2D eigenvalue weighted by Gasteiger charge is 2.06. The van der Waals surface area contributed by atoms with Gasteiger partial charge in [0.1, 0.15) is 5.82 Å². The number of hydrogen-bond donors (Lipinski definition) is 2. The molecule has 28 heavy (non-hydrogen) atoms. The number of benzene rings is 2. The van der Waals surface area contributed by atoms with Gasteiger partial charge in [0.05, 0.1) is 13.1 Å². The van der Waals surface area contributed by atoms with Crippen LogP contribution in [0.4, 0.5) is 0 Å². The number of aromatic nitrogens is 2. The van der Waals surface area contributed by atoms with E-state index in [1.165, 1.54) is 16.7 Å². The fourth-order valence-corrected chi connectivity index (χ4v) is 3.16. The summed E-state index contributed by atoms with van der Waals surface area (Å²) in [5, 5.41) is 6.74. The molecule has 3 aromatic rings. The van der Waals surface area contributed by atoms with E-state index in [-0.39, 0.29) is 0 Å². The minimum atomic E-state index is 0.626. The van der Waals surface area contributed by atoms with Crippen LogP contribution < -0.4 is 10.6 Å². The van der Waals surface area contributed by atoms with Gasteiger partial charge in [0, 0.05) is 25.5 Å². The molecular formula is C23H29N5. The van der Waals surface area contributed by atoms with Gasteiger partial charge in [0.25, 0.3) is 0 Å². The van der Waals surface area contributed by atoms with E-state index in [0.29, 0.717) is 13.1 Å². The van der Waals surface area contributed by atoms with Gasteiger partial charge in [-0.1, -0.05) is 61.5 Å². The Kier molecular flexibility index (Phi) is 7.24. The Bertz CT molecular complexity index is 883. The molecule has 1 heterocycles. The average molecular weight is 376 g/mol. The fourth-order valence-electron chi connectivity index (χ4n) is 3.16. The summed E-state index contributed by atoms with van der Waals surface area (Å²) in [6.07, 6.45) is 4.89. The van der Waals surface area contributed by atoms with Crippen molar-refractivity contribution >= 4 is 5.96 Å². The van der Waals surface area contributed by atoms with E-state index in [1.54, 1.807) is 0 Å². The summed E-state index contributed by atoms with van der Waals surface area (Å²) in [7, 11) is 0. The quantitative estimate of drug-likeness (QED) is 0.466. The lowest BCUT2D eigenvalue weighted by atomic mass is 10.1. The summed E-state index contributed by atoms with van der Waals surface area (Å²) in [6.45, 7) is 7.18. The first-order valence-corrected chi connectivity index (χ1v) is 9.93.